The predicted molar refractivity (Wildman–Crippen MR) is 143 cm³/mol. The highest BCUT2D eigenvalue weighted by Crippen LogP contribution is 2.26. The van der Waals surface area contributed by atoms with E-state index < -0.39 is 23.3 Å². The minimum absolute atomic E-state index is 0.0941. The second kappa shape index (κ2) is 10.7. The van der Waals surface area contributed by atoms with Crippen LogP contribution in [0, 0.1) is 5.92 Å². The minimum atomic E-state index is -0.876. The van der Waals surface area contributed by atoms with Crippen LogP contribution in [0.3, 0.4) is 0 Å². The molecular weight excluding hydrogens is 458 g/mol. The minimum Gasteiger partial charge on any atom is -0.465 e. The fraction of sp³-hybridized carbons (Fsp3) is 0.667. The van der Waals surface area contributed by atoms with Crippen molar-refractivity contribution in [1.82, 2.24) is 19.4 Å². The largest absolute Gasteiger partial charge is 0.465 e. The number of rotatable bonds is 6. The van der Waals surface area contributed by atoms with Gasteiger partial charge in [-0.2, -0.15) is 0 Å². The smallest absolute Gasteiger partial charge is 0.421 e. The van der Waals surface area contributed by atoms with E-state index in [2.05, 4.69) is 29.0 Å². The van der Waals surface area contributed by atoms with E-state index in [0.29, 0.717) is 18.0 Å². The maximum absolute atomic E-state index is 13.0. The van der Waals surface area contributed by atoms with Crippen LogP contribution >= 0.6 is 0 Å². The number of carboxylic acid groups (broad SMARTS) is 1. The number of para-hydroxylation sites is 2. The lowest BCUT2D eigenvalue weighted by Gasteiger charge is -2.44. The molecule has 1 aromatic heterocycles. The summed E-state index contributed by atoms with van der Waals surface area (Å²) in [5, 5.41) is 13.4. The molecule has 1 aliphatic rings. The zero-order chi connectivity index (χ0) is 26.8. The van der Waals surface area contributed by atoms with E-state index in [1.807, 2.05) is 65.8 Å². The number of ether oxygens (including phenoxy) is 1. The van der Waals surface area contributed by atoms with Crippen molar-refractivity contribution in [3.8, 4) is 0 Å². The third kappa shape index (κ3) is 6.69. The number of hydrogen-bond donors (Lipinski definition) is 2. The van der Waals surface area contributed by atoms with Gasteiger partial charge in [0.05, 0.1) is 17.1 Å². The van der Waals surface area contributed by atoms with Crippen LogP contribution in [0.15, 0.2) is 24.3 Å². The van der Waals surface area contributed by atoms with E-state index in [1.165, 1.54) is 4.57 Å². The first-order chi connectivity index (χ1) is 16.7. The van der Waals surface area contributed by atoms with Gasteiger partial charge in [-0.1, -0.05) is 26.0 Å². The Hall–Kier alpha value is -2.81. The van der Waals surface area contributed by atoms with Crippen LogP contribution in [0.2, 0.25) is 0 Å². The van der Waals surface area contributed by atoms with E-state index in [1.54, 1.807) is 4.90 Å². The van der Waals surface area contributed by atoms with Crippen LogP contribution in [0.5, 0.6) is 0 Å². The summed E-state index contributed by atoms with van der Waals surface area (Å²) in [6.45, 7) is 17.9. The molecule has 1 fully saturated rings. The molecule has 1 atom stereocenters. The SMILES string of the molecule is CC(C)C(CN1CCC(Nc2nc3ccccc3n2C(=O)OC(C)(C)C)CC1)N(C(=O)O)C(C)(C)C. The van der Waals surface area contributed by atoms with Crippen LogP contribution < -0.4 is 5.32 Å². The summed E-state index contributed by atoms with van der Waals surface area (Å²) in [4.78, 5) is 33.8. The summed E-state index contributed by atoms with van der Waals surface area (Å²) >= 11 is 0. The van der Waals surface area contributed by atoms with Crippen LogP contribution in [0.25, 0.3) is 11.0 Å². The summed E-state index contributed by atoms with van der Waals surface area (Å²) in [6, 6.07) is 7.60. The third-order valence-electron chi connectivity index (χ3n) is 6.53. The molecule has 2 N–H and O–H groups in total. The fourth-order valence-corrected chi connectivity index (χ4v) is 4.84. The summed E-state index contributed by atoms with van der Waals surface area (Å²) < 4.78 is 7.18. The number of benzene rings is 1. The Morgan fingerprint density at radius 1 is 1.14 bits per heavy atom. The number of carbonyl (C=O) groups excluding carboxylic acids is 1. The first-order valence-electron chi connectivity index (χ1n) is 12.9. The molecule has 36 heavy (non-hydrogen) atoms. The number of hydrogen-bond acceptors (Lipinski definition) is 6. The van der Waals surface area contributed by atoms with E-state index in [-0.39, 0.29) is 18.0 Å². The highest BCUT2D eigenvalue weighted by molar-refractivity contribution is 5.90. The topological polar surface area (TPSA) is 99.9 Å². The van der Waals surface area contributed by atoms with Gasteiger partial charge in [-0.3, -0.25) is 4.90 Å². The number of amides is 1. The van der Waals surface area contributed by atoms with Crippen LogP contribution in [-0.4, -0.2) is 79.5 Å². The fourth-order valence-electron chi connectivity index (χ4n) is 4.84. The molecule has 200 valence electrons. The molecule has 1 aromatic carbocycles. The molecular formula is C27H43N5O4. The Kier molecular flexibility index (Phi) is 8.23. The van der Waals surface area contributed by atoms with Crippen LogP contribution in [-0.2, 0) is 4.74 Å². The van der Waals surface area contributed by atoms with Crippen molar-refractivity contribution in [3.05, 3.63) is 24.3 Å². The lowest BCUT2D eigenvalue weighted by molar-refractivity contribution is 0.0335. The number of carbonyl (C=O) groups is 2. The number of nitrogens with zero attached hydrogens (tertiary/aromatic N) is 4. The van der Waals surface area contributed by atoms with Crippen molar-refractivity contribution < 1.29 is 19.4 Å². The quantitative estimate of drug-likeness (QED) is 0.539. The van der Waals surface area contributed by atoms with Crippen molar-refractivity contribution in [2.24, 2.45) is 5.92 Å². The maximum atomic E-state index is 13.0. The van der Waals surface area contributed by atoms with Crippen molar-refractivity contribution in [2.75, 3.05) is 25.0 Å². The number of aromatic nitrogens is 2. The number of nitrogens with one attached hydrogen (secondary N) is 1. The molecule has 0 radical (unpaired) electrons. The number of anilines is 1. The van der Waals surface area contributed by atoms with E-state index in [0.717, 1.165) is 31.4 Å². The highest BCUT2D eigenvalue weighted by Gasteiger charge is 2.36. The lowest BCUT2D eigenvalue weighted by atomic mass is 9.94. The predicted octanol–water partition coefficient (Wildman–Crippen LogP) is 5.50. The molecule has 2 heterocycles. The Morgan fingerprint density at radius 2 is 1.75 bits per heavy atom. The number of fused-ring (bicyclic) bond motifs is 1. The first kappa shape index (κ1) is 27.8. The molecule has 1 unspecified atom stereocenters. The molecule has 0 saturated carbocycles. The van der Waals surface area contributed by atoms with Gasteiger partial charge in [0.15, 0.2) is 0 Å². The average Bonchev–Trinajstić information content (AvgIpc) is 3.10. The van der Waals surface area contributed by atoms with Crippen molar-refractivity contribution in [1.29, 1.82) is 0 Å². The van der Waals surface area contributed by atoms with Crippen LogP contribution in [0.4, 0.5) is 15.5 Å². The molecule has 1 amide bonds. The number of piperidine rings is 1. The van der Waals surface area contributed by atoms with Crippen molar-refractivity contribution >= 4 is 29.2 Å². The molecule has 0 spiro atoms. The zero-order valence-electron chi connectivity index (χ0n) is 23.0. The highest BCUT2D eigenvalue weighted by atomic mass is 16.6. The van der Waals surface area contributed by atoms with Gasteiger partial charge in [0, 0.05) is 31.2 Å². The molecule has 1 saturated heterocycles. The Bertz CT molecular complexity index is 1060. The standard InChI is InChI=1S/C27H43N5O4/c1-18(2)22(32(24(33)34)26(3,4)5)17-30-15-13-19(14-16-30)28-23-29-20-11-9-10-12-21(20)31(23)25(35)36-27(6,7)8/h9-12,18-19,22H,13-17H2,1-8H3,(H,28,29)(H,33,34). The Morgan fingerprint density at radius 3 is 2.28 bits per heavy atom. The second-order valence-corrected chi connectivity index (χ2v) is 12.1. The zero-order valence-corrected chi connectivity index (χ0v) is 23.0. The van der Waals surface area contributed by atoms with Gasteiger partial charge in [0.2, 0.25) is 5.95 Å². The van der Waals surface area contributed by atoms with Crippen LogP contribution in [0.1, 0.15) is 68.2 Å². The molecule has 2 aromatic rings. The van der Waals surface area contributed by atoms with E-state index in [4.69, 9.17) is 4.74 Å². The molecule has 0 aliphatic carbocycles. The number of likely N-dealkylation sites (tertiary alicyclic amines) is 1. The first-order valence-corrected chi connectivity index (χ1v) is 12.9. The van der Waals surface area contributed by atoms with Gasteiger partial charge >= 0.3 is 12.2 Å². The average molecular weight is 502 g/mol. The maximum Gasteiger partial charge on any atom is 0.421 e. The Labute approximate surface area is 214 Å². The van der Waals surface area contributed by atoms with Gasteiger partial charge in [-0.05, 0) is 72.4 Å². The van der Waals surface area contributed by atoms with Crippen molar-refractivity contribution in [3.63, 3.8) is 0 Å². The molecule has 9 nitrogen and oxygen atoms in total. The van der Waals surface area contributed by atoms with Gasteiger partial charge in [0.1, 0.15) is 5.60 Å². The van der Waals surface area contributed by atoms with E-state index >= 15 is 0 Å². The second-order valence-electron chi connectivity index (χ2n) is 12.1. The van der Waals surface area contributed by atoms with Gasteiger partial charge in [0.25, 0.3) is 0 Å². The normalized spacial score (nSPS) is 16.8. The lowest BCUT2D eigenvalue weighted by Crippen LogP contribution is -2.57. The van der Waals surface area contributed by atoms with E-state index in [9.17, 15) is 14.7 Å². The van der Waals surface area contributed by atoms with Gasteiger partial charge in [-0.25, -0.2) is 19.1 Å². The summed E-state index contributed by atoms with van der Waals surface area (Å²) in [7, 11) is 0. The summed E-state index contributed by atoms with van der Waals surface area (Å²) in [6.07, 6.45) is 0.404. The van der Waals surface area contributed by atoms with Gasteiger partial charge < -0.3 is 20.1 Å². The molecule has 9 heteroatoms. The number of imidazole rings is 1. The third-order valence-corrected chi connectivity index (χ3v) is 6.53. The summed E-state index contributed by atoms with van der Waals surface area (Å²) in [5.41, 5.74) is 0.359. The monoisotopic (exact) mass is 501 g/mol. The summed E-state index contributed by atoms with van der Waals surface area (Å²) in [5.74, 6) is 0.693. The molecule has 3 rings (SSSR count). The molecule has 0 bridgehead atoms. The van der Waals surface area contributed by atoms with Crippen molar-refractivity contribution in [2.45, 2.75) is 91.5 Å². The Balaban J connectivity index is 1.71. The molecule has 1 aliphatic heterocycles. The van der Waals surface area contributed by atoms with Gasteiger partial charge in [-0.15, -0.1) is 0 Å².